The first kappa shape index (κ1) is 17.5. The average Bonchev–Trinajstić information content (AvgIpc) is 3.31. The van der Waals surface area contributed by atoms with Crippen molar-refractivity contribution in [3.8, 4) is 5.69 Å². The van der Waals surface area contributed by atoms with Crippen LogP contribution in [0.5, 0.6) is 0 Å². The van der Waals surface area contributed by atoms with Crippen molar-refractivity contribution in [3.05, 3.63) is 81.6 Å². The maximum atomic E-state index is 13.1. The molecule has 0 radical (unpaired) electrons. The highest BCUT2D eigenvalue weighted by Crippen LogP contribution is 2.25. The number of fused-ring (bicyclic) bond motifs is 3. The van der Waals surface area contributed by atoms with E-state index in [1.54, 1.807) is 0 Å². The second-order valence-electron chi connectivity index (χ2n) is 6.42. The highest BCUT2D eigenvalue weighted by Gasteiger charge is 2.17. The number of aromatic nitrogens is 4. The molecule has 144 valence electrons. The number of benzene rings is 2. The summed E-state index contributed by atoms with van der Waals surface area (Å²) in [6.07, 6.45) is 0. The van der Waals surface area contributed by atoms with Gasteiger partial charge in [-0.1, -0.05) is 24.3 Å². The van der Waals surface area contributed by atoms with Gasteiger partial charge in [-0.2, -0.15) is 4.68 Å². The van der Waals surface area contributed by atoms with Crippen molar-refractivity contribution >= 4 is 44.1 Å². The fourth-order valence-corrected chi connectivity index (χ4v) is 3.60. The number of halogens is 1. The Morgan fingerprint density at radius 3 is 2.66 bits per heavy atom. The van der Waals surface area contributed by atoms with Crippen molar-refractivity contribution in [2.45, 2.75) is 6.54 Å². The molecular formula is C20H15BrN6O2. The Hall–Kier alpha value is -3.59. The maximum absolute atomic E-state index is 13.1. The SMILES string of the molecule is Nc1nc2c(NCc3ccc(Br)o3)cccc2n2c(=O)n(-c3ccccc3)nc12. The van der Waals surface area contributed by atoms with Gasteiger partial charge in [0.05, 0.1) is 23.4 Å². The molecule has 0 unspecified atom stereocenters. The molecule has 3 aromatic heterocycles. The molecule has 0 amide bonds. The van der Waals surface area contributed by atoms with Crippen molar-refractivity contribution in [2.75, 3.05) is 11.1 Å². The van der Waals surface area contributed by atoms with Gasteiger partial charge in [-0.05, 0) is 52.3 Å². The standard InChI is InChI=1S/C20H15BrN6O2/c21-16-10-9-13(29-16)11-23-14-7-4-8-15-17(14)24-18(22)19-25-27(20(28)26(15)19)12-5-2-1-3-6-12/h1-10,23H,11H2,(H2,22,24). The van der Waals surface area contributed by atoms with Crippen molar-refractivity contribution in [2.24, 2.45) is 0 Å². The predicted molar refractivity (Wildman–Crippen MR) is 114 cm³/mol. The lowest BCUT2D eigenvalue weighted by Crippen LogP contribution is -2.20. The summed E-state index contributed by atoms with van der Waals surface area (Å²) in [5.74, 6) is 0.941. The van der Waals surface area contributed by atoms with Gasteiger partial charge in [-0.25, -0.2) is 14.2 Å². The lowest BCUT2D eigenvalue weighted by molar-refractivity contribution is 0.495. The number of nitrogens with two attached hydrogens (primary N) is 1. The van der Waals surface area contributed by atoms with Gasteiger partial charge in [0.2, 0.25) is 5.65 Å². The Kier molecular flexibility index (Phi) is 4.09. The highest BCUT2D eigenvalue weighted by atomic mass is 79.9. The molecule has 8 nitrogen and oxygen atoms in total. The van der Waals surface area contributed by atoms with E-state index in [1.165, 1.54) is 9.08 Å². The van der Waals surface area contributed by atoms with E-state index >= 15 is 0 Å². The summed E-state index contributed by atoms with van der Waals surface area (Å²) in [5, 5.41) is 7.69. The van der Waals surface area contributed by atoms with Crippen LogP contribution in [0.3, 0.4) is 0 Å². The van der Waals surface area contributed by atoms with E-state index in [2.05, 4.69) is 31.3 Å². The molecule has 0 aliphatic rings. The third-order valence-corrected chi connectivity index (χ3v) is 5.00. The largest absolute Gasteiger partial charge is 0.452 e. The van der Waals surface area contributed by atoms with Crippen LogP contribution in [0.4, 0.5) is 11.5 Å². The number of nitrogen functional groups attached to an aromatic ring is 1. The summed E-state index contributed by atoms with van der Waals surface area (Å²) in [6.45, 7) is 0.461. The zero-order valence-corrected chi connectivity index (χ0v) is 16.6. The average molecular weight is 451 g/mol. The van der Waals surface area contributed by atoms with Crippen molar-refractivity contribution in [3.63, 3.8) is 0 Å². The van der Waals surface area contributed by atoms with E-state index < -0.39 is 0 Å². The molecule has 5 aromatic rings. The molecule has 29 heavy (non-hydrogen) atoms. The van der Waals surface area contributed by atoms with Crippen LogP contribution < -0.4 is 16.7 Å². The molecule has 0 aliphatic carbocycles. The van der Waals surface area contributed by atoms with Crippen LogP contribution in [0, 0.1) is 0 Å². The number of nitrogens with one attached hydrogen (secondary N) is 1. The van der Waals surface area contributed by atoms with E-state index in [0.29, 0.717) is 33.6 Å². The van der Waals surface area contributed by atoms with Crippen LogP contribution in [0.2, 0.25) is 0 Å². The normalized spacial score (nSPS) is 11.3. The van der Waals surface area contributed by atoms with E-state index in [1.807, 2.05) is 60.7 Å². The molecule has 2 aromatic carbocycles. The minimum Gasteiger partial charge on any atom is -0.452 e. The fourth-order valence-electron chi connectivity index (χ4n) is 3.26. The predicted octanol–water partition coefficient (Wildman–Crippen LogP) is 3.58. The van der Waals surface area contributed by atoms with Crippen LogP contribution >= 0.6 is 15.9 Å². The van der Waals surface area contributed by atoms with E-state index in [-0.39, 0.29) is 11.5 Å². The molecule has 0 atom stereocenters. The zero-order valence-electron chi connectivity index (χ0n) is 15.0. The summed E-state index contributed by atoms with van der Waals surface area (Å²) in [4.78, 5) is 17.6. The van der Waals surface area contributed by atoms with Gasteiger partial charge in [0.15, 0.2) is 10.5 Å². The monoisotopic (exact) mass is 450 g/mol. The quantitative estimate of drug-likeness (QED) is 0.433. The minimum absolute atomic E-state index is 0.180. The van der Waals surface area contributed by atoms with E-state index in [0.717, 1.165) is 11.4 Å². The first-order valence-electron chi connectivity index (χ1n) is 8.85. The number of hydrogen-bond acceptors (Lipinski definition) is 6. The maximum Gasteiger partial charge on any atom is 0.355 e. The van der Waals surface area contributed by atoms with Gasteiger partial charge < -0.3 is 15.5 Å². The van der Waals surface area contributed by atoms with Crippen molar-refractivity contribution < 1.29 is 4.42 Å². The molecule has 0 bridgehead atoms. The first-order valence-corrected chi connectivity index (χ1v) is 9.64. The van der Waals surface area contributed by atoms with E-state index in [4.69, 9.17) is 10.2 Å². The van der Waals surface area contributed by atoms with Gasteiger partial charge in [0.1, 0.15) is 11.3 Å². The van der Waals surface area contributed by atoms with Crippen molar-refractivity contribution in [1.82, 2.24) is 19.2 Å². The van der Waals surface area contributed by atoms with Gasteiger partial charge in [-0.15, -0.1) is 5.10 Å². The Labute approximate surface area is 172 Å². The van der Waals surface area contributed by atoms with Crippen LogP contribution in [-0.4, -0.2) is 19.2 Å². The third-order valence-electron chi connectivity index (χ3n) is 4.58. The number of anilines is 2. The van der Waals surface area contributed by atoms with Crippen LogP contribution in [0.1, 0.15) is 5.76 Å². The molecule has 9 heteroatoms. The summed E-state index contributed by atoms with van der Waals surface area (Å²) < 4.78 is 9.00. The second kappa shape index (κ2) is 6.78. The van der Waals surface area contributed by atoms with Gasteiger partial charge in [0.25, 0.3) is 0 Å². The fraction of sp³-hybridized carbons (Fsp3) is 0.0500. The summed E-state index contributed by atoms with van der Waals surface area (Å²) in [5.41, 5.74) is 8.77. The van der Waals surface area contributed by atoms with Crippen LogP contribution in [-0.2, 0) is 6.54 Å². The lowest BCUT2D eigenvalue weighted by Gasteiger charge is -2.09. The second-order valence-corrected chi connectivity index (χ2v) is 7.20. The Morgan fingerprint density at radius 2 is 1.90 bits per heavy atom. The lowest BCUT2D eigenvalue weighted by atomic mass is 10.2. The van der Waals surface area contributed by atoms with Crippen molar-refractivity contribution in [1.29, 1.82) is 0 Å². The summed E-state index contributed by atoms with van der Waals surface area (Å²) in [6, 6.07) is 18.5. The number of nitrogens with zero attached hydrogens (tertiary/aromatic N) is 4. The first-order chi connectivity index (χ1) is 14.1. The van der Waals surface area contributed by atoms with Crippen LogP contribution in [0.25, 0.3) is 22.4 Å². The summed E-state index contributed by atoms with van der Waals surface area (Å²) >= 11 is 3.29. The van der Waals surface area contributed by atoms with Gasteiger partial charge in [-0.3, -0.25) is 0 Å². The number of furan rings is 1. The molecule has 0 spiro atoms. The molecule has 0 aliphatic heterocycles. The molecule has 3 heterocycles. The number of rotatable bonds is 4. The van der Waals surface area contributed by atoms with Gasteiger partial charge in [0, 0.05) is 0 Å². The molecule has 3 N–H and O–H groups in total. The zero-order chi connectivity index (χ0) is 20.0. The molecule has 0 saturated heterocycles. The van der Waals surface area contributed by atoms with Crippen LogP contribution in [0.15, 0.2) is 74.5 Å². The Balaban J connectivity index is 1.67. The van der Waals surface area contributed by atoms with E-state index in [9.17, 15) is 4.79 Å². The smallest absolute Gasteiger partial charge is 0.355 e. The Bertz CT molecular complexity index is 1400. The number of para-hydroxylation sites is 2. The topological polar surface area (TPSA) is 103 Å². The highest BCUT2D eigenvalue weighted by molar-refractivity contribution is 9.10. The minimum atomic E-state index is -0.308. The molecule has 5 rings (SSSR count). The summed E-state index contributed by atoms with van der Waals surface area (Å²) in [7, 11) is 0. The molecule has 0 fully saturated rings. The third kappa shape index (κ3) is 2.95. The molecule has 0 saturated carbocycles. The Morgan fingerprint density at radius 1 is 1.07 bits per heavy atom. The van der Waals surface area contributed by atoms with Gasteiger partial charge >= 0.3 is 5.69 Å². The molecular weight excluding hydrogens is 436 g/mol. The number of hydrogen-bond donors (Lipinski definition) is 2.